The molecular weight excluding hydrogens is 292 g/mol. The summed E-state index contributed by atoms with van der Waals surface area (Å²) in [6, 6.07) is 15.5. The second kappa shape index (κ2) is 7.11. The van der Waals surface area contributed by atoms with Crippen molar-refractivity contribution in [2.75, 3.05) is 0 Å². The Morgan fingerprint density at radius 3 is 1.92 bits per heavy atom. The molecule has 0 aromatic heterocycles. The van der Waals surface area contributed by atoms with Gasteiger partial charge in [0.2, 0.25) is 0 Å². The van der Waals surface area contributed by atoms with E-state index in [1.54, 1.807) is 0 Å². The smallest absolute Gasteiger partial charge is 0.0724 e. The van der Waals surface area contributed by atoms with Crippen molar-refractivity contribution in [3.05, 3.63) is 70.3 Å². The van der Waals surface area contributed by atoms with Crippen LogP contribution in [0.15, 0.2) is 42.5 Å². The van der Waals surface area contributed by atoms with Crippen LogP contribution in [-0.4, -0.2) is 0 Å². The van der Waals surface area contributed by atoms with Gasteiger partial charge in [-0.1, -0.05) is 89.6 Å². The highest BCUT2D eigenvalue weighted by Gasteiger charge is 2.18. The summed E-state index contributed by atoms with van der Waals surface area (Å²) in [5.74, 6) is 0. The average molecular weight is 325 g/mol. The SMILES string of the molecule is Cc1ccc(C(C)(C)C)c(COCc2ccc(C(C)(C)C)cc2)c1. The van der Waals surface area contributed by atoms with Crippen LogP contribution >= 0.6 is 0 Å². The number of hydrogen-bond donors (Lipinski definition) is 0. The van der Waals surface area contributed by atoms with Crippen LogP contribution in [0.1, 0.15) is 69.4 Å². The largest absolute Gasteiger partial charge is 0.372 e. The van der Waals surface area contributed by atoms with E-state index in [9.17, 15) is 0 Å². The molecule has 2 rings (SSSR count). The third-order valence-corrected chi connectivity index (χ3v) is 4.42. The van der Waals surface area contributed by atoms with Crippen molar-refractivity contribution in [3.8, 4) is 0 Å². The maximum absolute atomic E-state index is 6.02. The molecule has 0 amide bonds. The highest BCUT2D eigenvalue weighted by molar-refractivity contribution is 5.35. The molecule has 0 unspecified atom stereocenters. The van der Waals surface area contributed by atoms with Crippen LogP contribution in [0.5, 0.6) is 0 Å². The Kier molecular flexibility index (Phi) is 5.55. The molecule has 130 valence electrons. The van der Waals surface area contributed by atoms with Gasteiger partial charge in [0, 0.05) is 0 Å². The van der Waals surface area contributed by atoms with Crippen LogP contribution in [0.4, 0.5) is 0 Å². The molecule has 0 aliphatic heterocycles. The zero-order chi connectivity index (χ0) is 18.0. The van der Waals surface area contributed by atoms with E-state index >= 15 is 0 Å². The lowest BCUT2D eigenvalue weighted by Gasteiger charge is -2.23. The Morgan fingerprint density at radius 1 is 0.750 bits per heavy atom. The van der Waals surface area contributed by atoms with Crippen LogP contribution in [0.3, 0.4) is 0 Å². The maximum atomic E-state index is 6.02. The normalized spacial score (nSPS) is 12.5. The van der Waals surface area contributed by atoms with Crippen LogP contribution in [0, 0.1) is 6.92 Å². The molecule has 0 radical (unpaired) electrons. The van der Waals surface area contributed by atoms with E-state index in [4.69, 9.17) is 4.74 Å². The molecule has 0 bridgehead atoms. The first-order chi connectivity index (χ1) is 11.1. The van der Waals surface area contributed by atoms with Crippen molar-refractivity contribution >= 4 is 0 Å². The number of benzene rings is 2. The monoisotopic (exact) mass is 324 g/mol. The number of aryl methyl sites for hydroxylation is 1. The van der Waals surface area contributed by atoms with Gasteiger partial charge >= 0.3 is 0 Å². The highest BCUT2D eigenvalue weighted by atomic mass is 16.5. The summed E-state index contributed by atoms with van der Waals surface area (Å²) in [5.41, 5.74) is 6.89. The van der Waals surface area contributed by atoms with Gasteiger partial charge < -0.3 is 4.74 Å². The van der Waals surface area contributed by atoms with Gasteiger partial charge in [-0.25, -0.2) is 0 Å². The Morgan fingerprint density at radius 2 is 1.38 bits per heavy atom. The number of hydrogen-bond acceptors (Lipinski definition) is 1. The average Bonchev–Trinajstić information content (AvgIpc) is 2.45. The van der Waals surface area contributed by atoms with Crippen LogP contribution in [-0.2, 0) is 28.8 Å². The molecule has 1 nitrogen and oxygen atoms in total. The summed E-state index contributed by atoms with van der Waals surface area (Å²) in [6.45, 7) is 16.9. The van der Waals surface area contributed by atoms with Crippen molar-refractivity contribution in [2.24, 2.45) is 0 Å². The third kappa shape index (κ3) is 4.95. The van der Waals surface area contributed by atoms with Gasteiger partial charge in [0.05, 0.1) is 13.2 Å². The number of rotatable bonds is 4. The fourth-order valence-corrected chi connectivity index (χ4v) is 2.95. The fourth-order valence-electron chi connectivity index (χ4n) is 2.95. The summed E-state index contributed by atoms with van der Waals surface area (Å²) < 4.78 is 6.02. The second-order valence-corrected chi connectivity index (χ2v) is 8.85. The lowest BCUT2D eigenvalue weighted by molar-refractivity contribution is 0.106. The van der Waals surface area contributed by atoms with E-state index in [-0.39, 0.29) is 10.8 Å². The minimum atomic E-state index is 0.140. The van der Waals surface area contributed by atoms with Crippen molar-refractivity contribution in [1.29, 1.82) is 0 Å². The zero-order valence-electron chi connectivity index (χ0n) is 16.4. The minimum absolute atomic E-state index is 0.140. The van der Waals surface area contributed by atoms with Gasteiger partial charge in [0.1, 0.15) is 0 Å². The van der Waals surface area contributed by atoms with Crippen LogP contribution < -0.4 is 0 Å². The van der Waals surface area contributed by atoms with Crippen molar-refractivity contribution in [2.45, 2.75) is 72.5 Å². The summed E-state index contributed by atoms with van der Waals surface area (Å²) >= 11 is 0. The molecule has 2 aromatic rings. The molecule has 1 heteroatoms. The fraction of sp³-hybridized carbons (Fsp3) is 0.478. The predicted octanol–water partition coefficient (Wildman–Crippen LogP) is 6.31. The summed E-state index contributed by atoms with van der Waals surface area (Å²) in [4.78, 5) is 0. The molecule has 0 saturated heterocycles. The molecule has 0 aliphatic carbocycles. The summed E-state index contributed by atoms with van der Waals surface area (Å²) in [7, 11) is 0. The van der Waals surface area contributed by atoms with E-state index in [1.807, 2.05) is 0 Å². The molecule has 24 heavy (non-hydrogen) atoms. The van der Waals surface area contributed by atoms with E-state index in [0.29, 0.717) is 13.2 Å². The first-order valence-corrected chi connectivity index (χ1v) is 8.84. The van der Waals surface area contributed by atoms with Gasteiger partial charge in [-0.3, -0.25) is 0 Å². The molecule has 0 atom stereocenters. The van der Waals surface area contributed by atoms with Gasteiger partial charge in [-0.05, 0) is 40.0 Å². The van der Waals surface area contributed by atoms with Gasteiger partial charge in [-0.15, -0.1) is 0 Å². The molecule has 0 spiro atoms. The Labute approximate surface area is 148 Å². The van der Waals surface area contributed by atoms with Crippen molar-refractivity contribution in [3.63, 3.8) is 0 Å². The van der Waals surface area contributed by atoms with Crippen LogP contribution in [0.2, 0.25) is 0 Å². The third-order valence-electron chi connectivity index (χ3n) is 4.42. The van der Waals surface area contributed by atoms with E-state index in [0.717, 1.165) is 0 Å². The molecule has 0 heterocycles. The Bertz CT molecular complexity index is 667. The quantitative estimate of drug-likeness (QED) is 0.640. The lowest BCUT2D eigenvalue weighted by Crippen LogP contribution is -2.15. The van der Waals surface area contributed by atoms with Gasteiger partial charge in [0.25, 0.3) is 0 Å². The molecule has 0 fully saturated rings. The molecule has 0 aliphatic rings. The second-order valence-electron chi connectivity index (χ2n) is 8.85. The molecule has 0 saturated carbocycles. The highest BCUT2D eigenvalue weighted by Crippen LogP contribution is 2.27. The number of ether oxygens (including phenoxy) is 1. The Balaban J connectivity index is 2.03. The zero-order valence-corrected chi connectivity index (χ0v) is 16.4. The van der Waals surface area contributed by atoms with Crippen molar-refractivity contribution in [1.82, 2.24) is 0 Å². The maximum Gasteiger partial charge on any atom is 0.0724 e. The molecule has 2 aromatic carbocycles. The standard InChI is InChI=1S/C23H32O/c1-17-8-13-21(23(5,6)7)19(14-17)16-24-15-18-9-11-20(12-10-18)22(2,3)4/h8-14H,15-16H2,1-7H3. The van der Waals surface area contributed by atoms with E-state index in [2.05, 4.69) is 90.9 Å². The van der Waals surface area contributed by atoms with Gasteiger partial charge in [-0.2, -0.15) is 0 Å². The lowest BCUT2D eigenvalue weighted by atomic mass is 9.83. The molecular formula is C23H32O. The first kappa shape index (κ1) is 18.7. The molecule has 0 N–H and O–H groups in total. The van der Waals surface area contributed by atoms with Gasteiger partial charge in [0.15, 0.2) is 0 Å². The predicted molar refractivity (Wildman–Crippen MR) is 104 cm³/mol. The summed E-state index contributed by atoms with van der Waals surface area (Å²) in [6.07, 6.45) is 0. The van der Waals surface area contributed by atoms with E-state index in [1.165, 1.54) is 27.8 Å². The van der Waals surface area contributed by atoms with E-state index < -0.39 is 0 Å². The summed E-state index contributed by atoms with van der Waals surface area (Å²) in [5, 5.41) is 0. The van der Waals surface area contributed by atoms with Crippen molar-refractivity contribution < 1.29 is 4.74 Å². The Hall–Kier alpha value is -1.60. The first-order valence-electron chi connectivity index (χ1n) is 8.84. The van der Waals surface area contributed by atoms with Crippen LogP contribution in [0.25, 0.3) is 0 Å². The minimum Gasteiger partial charge on any atom is -0.372 e. The topological polar surface area (TPSA) is 9.23 Å².